The van der Waals surface area contributed by atoms with Gasteiger partial charge in [-0.05, 0) is 72.3 Å². The third-order valence-corrected chi connectivity index (χ3v) is 6.89. The summed E-state index contributed by atoms with van der Waals surface area (Å²) in [5.74, 6) is -0.832. The van der Waals surface area contributed by atoms with Gasteiger partial charge in [-0.1, -0.05) is 11.6 Å². The predicted molar refractivity (Wildman–Crippen MR) is 145 cm³/mol. The summed E-state index contributed by atoms with van der Waals surface area (Å²) < 4.78 is 11.3. The molecule has 0 aliphatic rings. The first-order valence-electron chi connectivity index (χ1n) is 12.6. The average Bonchev–Trinajstić information content (AvgIpc) is 2.82. The van der Waals surface area contributed by atoms with Crippen molar-refractivity contribution in [3.05, 3.63) is 45.1 Å². The average molecular weight is 531 g/mol. The van der Waals surface area contributed by atoms with Crippen molar-refractivity contribution < 1.29 is 39.8 Å². The van der Waals surface area contributed by atoms with Crippen LogP contribution in [0.4, 0.5) is 0 Å². The highest BCUT2D eigenvalue weighted by atomic mass is 16.5. The molecule has 3 aromatic rings. The number of fused-ring (bicyclic) bond motifs is 2. The summed E-state index contributed by atoms with van der Waals surface area (Å²) in [6, 6.07) is 2.64. The summed E-state index contributed by atoms with van der Waals surface area (Å²) in [6.45, 7) is 6.63. The third kappa shape index (κ3) is 6.40. The molecule has 0 saturated heterocycles. The Labute approximate surface area is 221 Å². The van der Waals surface area contributed by atoms with Gasteiger partial charge in [0, 0.05) is 17.2 Å². The summed E-state index contributed by atoms with van der Waals surface area (Å²) in [5, 5.41) is 62.3. The molecule has 0 bridgehead atoms. The lowest BCUT2D eigenvalue weighted by atomic mass is 9.89. The number of phenolic OH excluding ortho intramolecular Hbond substituents is 3. The molecule has 9 heteroatoms. The van der Waals surface area contributed by atoms with Crippen molar-refractivity contribution >= 4 is 21.9 Å². The monoisotopic (exact) mass is 530 g/mol. The number of allylic oxidation sites excluding steroid dienone is 1. The number of hydrogen-bond donors (Lipinski definition) is 6. The lowest BCUT2D eigenvalue weighted by Gasteiger charge is -2.26. The van der Waals surface area contributed by atoms with Gasteiger partial charge in [0.05, 0.1) is 30.3 Å². The molecular weight excluding hydrogens is 492 g/mol. The standard InChI is InChI=1S/C29H38O9/c1-16(15-30)7-8-17-20(31)14-22-23(24(17)32)25(33)19-13-21(37-5)18(26(34)27(19)38-22)9-12-29(4,36)11-6-10-28(2,3)35/h7,13-14,30-32,34-36H,6,8-12,15H2,1-5H3/b16-7+/t29-/m1/s1. The Morgan fingerprint density at radius 3 is 2.32 bits per heavy atom. The van der Waals surface area contributed by atoms with Crippen molar-refractivity contribution in [3.8, 4) is 23.0 Å². The molecule has 0 amide bonds. The lowest BCUT2D eigenvalue weighted by Crippen LogP contribution is -2.27. The van der Waals surface area contributed by atoms with Crippen molar-refractivity contribution in [2.75, 3.05) is 13.7 Å². The van der Waals surface area contributed by atoms with Crippen LogP contribution in [-0.2, 0) is 12.8 Å². The van der Waals surface area contributed by atoms with Crippen molar-refractivity contribution in [3.63, 3.8) is 0 Å². The van der Waals surface area contributed by atoms with Crippen LogP contribution in [0.1, 0.15) is 64.5 Å². The molecule has 0 spiro atoms. The van der Waals surface area contributed by atoms with Gasteiger partial charge in [-0.15, -0.1) is 0 Å². The molecule has 9 nitrogen and oxygen atoms in total. The third-order valence-electron chi connectivity index (χ3n) is 6.89. The van der Waals surface area contributed by atoms with E-state index in [9.17, 15) is 35.4 Å². The highest BCUT2D eigenvalue weighted by molar-refractivity contribution is 5.97. The molecule has 1 aromatic heterocycles. The fourth-order valence-corrected chi connectivity index (χ4v) is 4.54. The molecule has 0 radical (unpaired) electrons. The first-order chi connectivity index (χ1) is 17.7. The van der Waals surface area contributed by atoms with E-state index in [2.05, 4.69) is 0 Å². The molecule has 0 unspecified atom stereocenters. The van der Waals surface area contributed by atoms with Gasteiger partial charge in [0.2, 0.25) is 5.43 Å². The molecule has 0 saturated carbocycles. The van der Waals surface area contributed by atoms with E-state index in [4.69, 9.17) is 9.15 Å². The summed E-state index contributed by atoms with van der Waals surface area (Å²) in [6.07, 6.45) is 3.80. The summed E-state index contributed by atoms with van der Waals surface area (Å²) in [4.78, 5) is 13.4. The molecule has 3 rings (SSSR count). The Hall–Kier alpha value is -3.27. The minimum atomic E-state index is -1.07. The van der Waals surface area contributed by atoms with Gasteiger partial charge in [-0.3, -0.25) is 4.79 Å². The number of aromatic hydroxyl groups is 3. The SMILES string of the molecule is COc1cc2c(=O)c3c(O)c(C/C=C(\C)CO)c(O)cc3oc2c(O)c1CC[C@](C)(O)CCCC(C)(C)O. The maximum Gasteiger partial charge on any atom is 0.204 e. The van der Waals surface area contributed by atoms with Gasteiger partial charge in [0.1, 0.15) is 28.2 Å². The van der Waals surface area contributed by atoms with Gasteiger partial charge in [-0.25, -0.2) is 0 Å². The van der Waals surface area contributed by atoms with E-state index in [1.807, 2.05) is 0 Å². The molecule has 1 heterocycles. The topological polar surface area (TPSA) is 161 Å². The molecule has 0 fully saturated rings. The molecule has 2 aromatic carbocycles. The van der Waals surface area contributed by atoms with Gasteiger partial charge < -0.3 is 39.8 Å². The van der Waals surface area contributed by atoms with Crippen LogP contribution in [0.15, 0.2) is 33.0 Å². The van der Waals surface area contributed by atoms with Crippen LogP contribution in [0.5, 0.6) is 23.0 Å². The second-order valence-electron chi connectivity index (χ2n) is 10.9. The quantitative estimate of drug-likeness (QED) is 0.158. The Kier molecular flexibility index (Phi) is 8.65. The number of rotatable bonds is 11. The molecule has 208 valence electrons. The second-order valence-corrected chi connectivity index (χ2v) is 10.9. The van der Waals surface area contributed by atoms with E-state index in [0.29, 0.717) is 30.4 Å². The highest BCUT2D eigenvalue weighted by Crippen LogP contribution is 2.41. The summed E-state index contributed by atoms with van der Waals surface area (Å²) >= 11 is 0. The van der Waals surface area contributed by atoms with Gasteiger partial charge in [0.15, 0.2) is 11.3 Å². The predicted octanol–water partition coefficient (Wildman–Crippen LogP) is 4.18. The lowest BCUT2D eigenvalue weighted by molar-refractivity contribution is 0.0240. The van der Waals surface area contributed by atoms with E-state index >= 15 is 0 Å². The maximum atomic E-state index is 13.4. The number of hydrogen-bond acceptors (Lipinski definition) is 9. The van der Waals surface area contributed by atoms with Crippen LogP contribution in [0.25, 0.3) is 21.9 Å². The van der Waals surface area contributed by atoms with Crippen LogP contribution in [-0.4, -0.2) is 55.6 Å². The minimum absolute atomic E-state index is 0.0124. The first kappa shape index (κ1) is 29.3. The molecule has 1 atom stereocenters. The van der Waals surface area contributed by atoms with Crippen LogP contribution in [0.3, 0.4) is 0 Å². The van der Waals surface area contributed by atoms with E-state index in [-0.39, 0.29) is 70.6 Å². The molecule has 0 aliphatic heterocycles. The van der Waals surface area contributed by atoms with E-state index in [1.165, 1.54) is 19.2 Å². The normalized spacial score (nSPS) is 14.3. The number of methoxy groups -OCH3 is 1. The molecule has 38 heavy (non-hydrogen) atoms. The van der Waals surface area contributed by atoms with Crippen molar-refractivity contribution in [1.29, 1.82) is 0 Å². The number of aliphatic hydroxyl groups is 3. The first-order valence-corrected chi connectivity index (χ1v) is 12.6. The zero-order chi connectivity index (χ0) is 28.4. The fraction of sp³-hybridized carbons (Fsp3) is 0.483. The van der Waals surface area contributed by atoms with Crippen LogP contribution < -0.4 is 10.2 Å². The second kappa shape index (κ2) is 11.2. The molecule has 0 aliphatic carbocycles. The van der Waals surface area contributed by atoms with Crippen LogP contribution >= 0.6 is 0 Å². The van der Waals surface area contributed by atoms with E-state index < -0.39 is 22.4 Å². The Morgan fingerprint density at radius 2 is 1.71 bits per heavy atom. The minimum Gasteiger partial charge on any atom is -0.507 e. The van der Waals surface area contributed by atoms with Crippen LogP contribution in [0, 0.1) is 0 Å². The largest absolute Gasteiger partial charge is 0.507 e. The van der Waals surface area contributed by atoms with Crippen molar-refractivity contribution in [1.82, 2.24) is 0 Å². The van der Waals surface area contributed by atoms with Crippen LogP contribution in [0.2, 0.25) is 0 Å². The highest BCUT2D eigenvalue weighted by Gasteiger charge is 2.26. The molecular formula is C29H38O9. The van der Waals surface area contributed by atoms with Crippen molar-refractivity contribution in [2.24, 2.45) is 0 Å². The number of ether oxygens (including phenoxy) is 1. The Bertz CT molecular complexity index is 1410. The number of benzene rings is 2. The maximum absolute atomic E-state index is 13.4. The van der Waals surface area contributed by atoms with E-state index in [0.717, 1.165) is 0 Å². The Morgan fingerprint density at radius 1 is 1.03 bits per heavy atom. The summed E-state index contributed by atoms with van der Waals surface area (Å²) in [5.41, 5.74) is -1.64. The van der Waals surface area contributed by atoms with Gasteiger partial charge in [-0.2, -0.15) is 0 Å². The zero-order valence-corrected chi connectivity index (χ0v) is 22.6. The number of phenols is 3. The van der Waals surface area contributed by atoms with Gasteiger partial charge >= 0.3 is 0 Å². The Balaban J connectivity index is 2.05. The zero-order valence-electron chi connectivity index (χ0n) is 22.6. The number of aliphatic hydroxyl groups excluding tert-OH is 1. The summed E-state index contributed by atoms with van der Waals surface area (Å²) in [7, 11) is 1.40. The fourth-order valence-electron chi connectivity index (χ4n) is 4.54. The smallest absolute Gasteiger partial charge is 0.204 e. The molecule has 6 N–H and O–H groups in total. The van der Waals surface area contributed by atoms with Crippen molar-refractivity contribution in [2.45, 2.75) is 77.4 Å². The van der Waals surface area contributed by atoms with Gasteiger partial charge in [0.25, 0.3) is 0 Å². The van der Waals surface area contributed by atoms with E-state index in [1.54, 1.807) is 33.8 Å².